The second-order valence-electron chi connectivity index (χ2n) is 4.36. The number of anilines is 1. The fourth-order valence-electron chi connectivity index (χ4n) is 1.88. The van der Waals surface area contributed by atoms with Crippen molar-refractivity contribution in [3.05, 3.63) is 16.7 Å². The lowest BCUT2D eigenvalue weighted by atomic mass is 10.2. The molecular formula is C10H10F3N5O2S. The largest absolute Gasteiger partial charge is 0.445 e. The van der Waals surface area contributed by atoms with Crippen molar-refractivity contribution in [3.63, 3.8) is 0 Å². The average molecular weight is 321 g/mol. The van der Waals surface area contributed by atoms with E-state index in [-0.39, 0.29) is 5.13 Å². The number of hydrogen-bond acceptors (Lipinski definition) is 8. The minimum absolute atomic E-state index is 0.204. The van der Waals surface area contributed by atoms with E-state index in [4.69, 9.17) is 9.26 Å². The lowest BCUT2D eigenvalue weighted by Crippen LogP contribution is -2.38. The van der Waals surface area contributed by atoms with Gasteiger partial charge in [-0.05, 0) is 0 Å². The van der Waals surface area contributed by atoms with Crippen LogP contribution >= 0.6 is 11.3 Å². The number of rotatable bonds is 2. The molecular weight excluding hydrogens is 311 g/mol. The molecule has 0 spiro atoms. The molecule has 0 radical (unpaired) electrons. The van der Waals surface area contributed by atoms with Gasteiger partial charge in [-0.25, -0.2) is 0 Å². The fraction of sp³-hybridized carbons (Fsp3) is 0.600. The first-order chi connectivity index (χ1) is 9.93. The summed E-state index contributed by atoms with van der Waals surface area (Å²) in [5, 5.41) is 9.77. The van der Waals surface area contributed by atoms with Crippen molar-refractivity contribution in [2.75, 3.05) is 24.6 Å². The molecule has 1 saturated heterocycles. The highest BCUT2D eigenvalue weighted by molar-refractivity contribution is 7.15. The molecule has 0 aromatic carbocycles. The van der Waals surface area contributed by atoms with E-state index in [1.807, 2.05) is 0 Å². The molecule has 7 nitrogen and oxygen atoms in total. The van der Waals surface area contributed by atoms with E-state index in [0.717, 1.165) is 0 Å². The highest BCUT2D eigenvalue weighted by atomic mass is 32.1. The topological polar surface area (TPSA) is 77.2 Å². The van der Waals surface area contributed by atoms with Gasteiger partial charge in [-0.3, -0.25) is 0 Å². The molecule has 1 unspecified atom stereocenters. The molecule has 0 aliphatic carbocycles. The molecule has 3 rings (SSSR count). The van der Waals surface area contributed by atoms with Gasteiger partial charge in [0.2, 0.25) is 21.9 Å². The van der Waals surface area contributed by atoms with E-state index in [9.17, 15) is 13.2 Å². The second kappa shape index (κ2) is 5.22. The van der Waals surface area contributed by atoms with Crippen LogP contribution in [0.25, 0.3) is 0 Å². The summed E-state index contributed by atoms with van der Waals surface area (Å²) in [4.78, 5) is 5.74. The third-order valence-electron chi connectivity index (χ3n) is 2.83. The summed E-state index contributed by atoms with van der Waals surface area (Å²) in [5.74, 6) is 0.777. The predicted octanol–water partition coefficient (Wildman–Crippen LogP) is 1.83. The van der Waals surface area contributed by atoms with Gasteiger partial charge in [0.25, 0.3) is 0 Å². The summed E-state index contributed by atoms with van der Waals surface area (Å²) < 4.78 is 48.0. The van der Waals surface area contributed by atoms with Crippen LogP contribution in [-0.4, -0.2) is 40.0 Å². The molecule has 0 saturated carbocycles. The predicted molar refractivity (Wildman–Crippen MR) is 64.9 cm³/mol. The Morgan fingerprint density at radius 1 is 1.33 bits per heavy atom. The molecule has 0 bridgehead atoms. The lowest BCUT2D eigenvalue weighted by Gasteiger charge is -2.30. The van der Waals surface area contributed by atoms with Crippen molar-refractivity contribution in [3.8, 4) is 0 Å². The van der Waals surface area contributed by atoms with Crippen molar-refractivity contribution in [1.82, 2.24) is 20.3 Å². The van der Waals surface area contributed by atoms with Crippen LogP contribution in [0.3, 0.4) is 0 Å². The molecule has 3 heterocycles. The normalized spacial score (nSPS) is 20.0. The zero-order valence-electron chi connectivity index (χ0n) is 10.8. The van der Waals surface area contributed by atoms with Crippen LogP contribution in [0.2, 0.25) is 0 Å². The SMILES string of the molecule is Cc1nc(C2CN(c3nnc(C(F)(F)F)s3)CCO2)no1. The Labute approximate surface area is 120 Å². The second-order valence-corrected chi connectivity index (χ2v) is 5.32. The Morgan fingerprint density at radius 3 is 2.76 bits per heavy atom. The molecule has 2 aromatic rings. The van der Waals surface area contributed by atoms with Gasteiger partial charge in [-0.15, -0.1) is 10.2 Å². The van der Waals surface area contributed by atoms with Crippen LogP contribution in [0.5, 0.6) is 0 Å². The van der Waals surface area contributed by atoms with E-state index in [1.165, 1.54) is 0 Å². The fourth-order valence-corrected chi connectivity index (χ4v) is 2.63. The van der Waals surface area contributed by atoms with Gasteiger partial charge >= 0.3 is 6.18 Å². The first kappa shape index (κ1) is 14.2. The number of aromatic nitrogens is 4. The van der Waals surface area contributed by atoms with Crippen molar-refractivity contribution in [1.29, 1.82) is 0 Å². The van der Waals surface area contributed by atoms with E-state index in [1.54, 1.807) is 11.8 Å². The van der Waals surface area contributed by atoms with E-state index in [2.05, 4.69) is 20.3 Å². The van der Waals surface area contributed by atoms with Crippen LogP contribution in [0.4, 0.5) is 18.3 Å². The first-order valence-electron chi connectivity index (χ1n) is 6.01. The van der Waals surface area contributed by atoms with Gasteiger partial charge in [-0.1, -0.05) is 16.5 Å². The van der Waals surface area contributed by atoms with Crippen molar-refractivity contribution >= 4 is 16.5 Å². The van der Waals surface area contributed by atoms with E-state index >= 15 is 0 Å². The Hall–Kier alpha value is -1.75. The third kappa shape index (κ3) is 2.97. The third-order valence-corrected chi connectivity index (χ3v) is 3.85. The molecule has 0 amide bonds. The Bertz CT molecular complexity index is 628. The maximum absolute atomic E-state index is 12.5. The Kier molecular flexibility index (Phi) is 3.53. The van der Waals surface area contributed by atoms with Crippen molar-refractivity contribution in [2.24, 2.45) is 0 Å². The summed E-state index contributed by atoms with van der Waals surface area (Å²) >= 11 is 0.508. The zero-order chi connectivity index (χ0) is 15.0. The maximum atomic E-state index is 12.5. The quantitative estimate of drug-likeness (QED) is 0.835. The molecule has 2 aromatic heterocycles. The van der Waals surface area contributed by atoms with Crippen LogP contribution in [0, 0.1) is 6.92 Å². The van der Waals surface area contributed by atoms with E-state index in [0.29, 0.717) is 42.7 Å². The van der Waals surface area contributed by atoms with Gasteiger partial charge in [0.15, 0.2) is 0 Å². The molecule has 1 aliphatic heterocycles. The van der Waals surface area contributed by atoms with E-state index < -0.39 is 17.3 Å². The summed E-state index contributed by atoms with van der Waals surface area (Å²) in [5.41, 5.74) is 0. The first-order valence-corrected chi connectivity index (χ1v) is 6.82. The average Bonchev–Trinajstić information content (AvgIpc) is 3.07. The lowest BCUT2D eigenvalue weighted by molar-refractivity contribution is -0.138. The minimum Gasteiger partial charge on any atom is -0.366 e. The zero-order valence-corrected chi connectivity index (χ0v) is 11.6. The minimum atomic E-state index is -4.48. The standard InChI is InChI=1S/C10H10F3N5O2S/c1-5-14-7(17-20-5)6-4-18(2-3-19-6)9-16-15-8(21-9)10(11,12)13/h6H,2-4H2,1H3. The van der Waals surface area contributed by atoms with Crippen LogP contribution in [0.15, 0.2) is 4.52 Å². The monoisotopic (exact) mass is 321 g/mol. The number of nitrogens with zero attached hydrogens (tertiary/aromatic N) is 5. The molecule has 21 heavy (non-hydrogen) atoms. The molecule has 11 heteroatoms. The van der Waals surface area contributed by atoms with Gasteiger partial charge in [0.05, 0.1) is 13.2 Å². The number of ether oxygens (including phenoxy) is 1. The molecule has 114 valence electrons. The molecule has 1 fully saturated rings. The van der Waals surface area contributed by atoms with Crippen LogP contribution < -0.4 is 4.90 Å². The van der Waals surface area contributed by atoms with Crippen LogP contribution in [0.1, 0.15) is 22.8 Å². The molecule has 1 aliphatic rings. The molecule has 0 N–H and O–H groups in total. The van der Waals surface area contributed by atoms with Gasteiger partial charge in [-0.2, -0.15) is 18.2 Å². The van der Waals surface area contributed by atoms with Crippen LogP contribution in [-0.2, 0) is 10.9 Å². The Morgan fingerprint density at radius 2 is 2.14 bits per heavy atom. The molecule has 1 atom stereocenters. The van der Waals surface area contributed by atoms with Crippen molar-refractivity contribution in [2.45, 2.75) is 19.2 Å². The van der Waals surface area contributed by atoms with Gasteiger partial charge in [0, 0.05) is 13.5 Å². The van der Waals surface area contributed by atoms with Gasteiger partial charge < -0.3 is 14.2 Å². The summed E-state index contributed by atoms with van der Waals surface area (Å²) in [7, 11) is 0. The Balaban J connectivity index is 1.75. The van der Waals surface area contributed by atoms with Gasteiger partial charge in [0.1, 0.15) is 6.10 Å². The smallest absolute Gasteiger partial charge is 0.366 e. The number of hydrogen-bond donors (Lipinski definition) is 0. The number of morpholine rings is 1. The van der Waals surface area contributed by atoms with Crippen molar-refractivity contribution < 1.29 is 22.4 Å². The summed E-state index contributed by atoms with van der Waals surface area (Å²) in [6.45, 7) is 2.71. The summed E-state index contributed by atoms with van der Waals surface area (Å²) in [6, 6.07) is 0. The highest BCUT2D eigenvalue weighted by Crippen LogP contribution is 2.35. The highest BCUT2D eigenvalue weighted by Gasteiger charge is 2.37. The number of alkyl halides is 3. The maximum Gasteiger partial charge on any atom is 0.445 e. The number of aryl methyl sites for hydroxylation is 1. The number of halogens is 3. The summed E-state index contributed by atoms with van der Waals surface area (Å²) in [6.07, 6.45) is -4.94.